The Morgan fingerprint density at radius 1 is 0.708 bits per heavy atom. The molecule has 131 valence electrons. The second-order valence-corrected chi connectivity index (χ2v) is 20.0. The van der Waals surface area contributed by atoms with Gasteiger partial charge < -0.3 is 6.42 Å². The van der Waals surface area contributed by atoms with E-state index in [4.69, 9.17) is 0 Å². The Kier molecular flexibility index (Phi) is 16.6. The van der Waals surface area contributed by atoms with Gasteiger partial charge in [0.05, 0.1) is 0 Å². The molecule has 2 heteroatoms. The molecular formula is C22H34SnV. The van der Waals surface area contributed by atoms with Crippen molar-refractivity contribution < 1.29 is 18.6 Å². The molecule has 0 saturated heterocycles. The first kappa shape index (κ1) is 27.6. The summed E-state index contributed by atoms with van der Waals surface area (Å²) >= 11 is -1.14. The fourth-order valence-corrected chi connectivity index (χ4v) is 8.42. The normalized spacial score (nSPS) is 19.0. The van der Waals surface area contributed by atoms with Crippen LogP contribution in [0.1, 0.15) is 48.5 Å². The van der Waals surface area contributed by atoms with Crippen LogP contribution in [0, 0.1) is 76.5 Å². The van der Waals surface area contributed by atoms with Crippen LogP contribution in [0.2, 0.25) is 11.8 Å². The predicted molar refractivity (Wildman–Crippen MR) is 106 cm³/mol. The van der Waals surface area contributed by atoms with Gasteiger partial charge in [0.25, 0.3) is 0 Å². The van der Waals surface area contributed by atoms with Crippen molar-refractivity contribution in [2.24, 2.45) is 0 Å². The van der Waals surface area contributed by atoms with Crippen molar-refractivity contribution in [2.75, 3.05) is 0 Å². The molecule has 0 unspecified atom stereocenters. The van der Waals surface area contributed by atoms with E-state index in [-0.39, 0.29) is 18.6 Å². The third kappa shape index (κ3) is 15.6. The van der Waals surface area contributed by atoms with Gasteiger partial charge in [0.15, 0.2) is 0 Å². The second-order valence-electron chi connectivity index (χ2n) is 7.86. The Morgan fingerprint density at radius 2 is 1.08 bits per heavy atom. The third-order valence-electron chi connectivity index (χ3n) is 3.80. The average molecular weight is 468 g/mol. The molecular weight excluding hydrogens is 434 g/mol. The maximum absolute atomic E-state index is 2.86. The van der Waals surface area contributed by atoms with E-state index in [1.54, 1.807) is 0 Å². The van der Waals surface area contributed by atoms with Crippen LogP contribution in [0.15, 0.2) is 0 Å². The summed E-state index contributed by atoms with van der Waals surface area (Å²) in [6, 6.07) is 0. The van der Waals surface area contributed by atoms with Gasteiger partial charge in [-0.2, -0.15) is 0 Å². The van der Waals surface area contributed by atoms with Crippen molar-refractivity contribution >= 4 is 19.8 Å². The topological polar surface area (TPSA) is 0 Å². The standard InChI is InChI=1S/C8H9.C5H4.2C4H9.CH3.Sn.V/c1-8-6-4-2-3-5-7-8;1-2-4-5-3-1;2*1-4(2)3;;;/h2-7H,1H3;1-4H;2*1-3H3;1H3;;/q;-1;;;;+1;. The molecule has 24 heavy (non-hydrogen) atoms. The maximum atomic E-state index is 2.86. The van der Waals surface area contributed by atoms with E-state index in [0.29, 0.717) is 6.86 Å². The van der Waals surface area contributed by atoms with Gasteiger partial charge in [0, 0.05) is 18.6 Å². The number of rotatable bonds is 0. The summed E-state index contributed by atoms with van der Waals surface area (Å²) < 4.78 is 1.28. The molecule has 0 bridgehead atoms. The van der Waals surface area contributed by atoms with Crippen molar-refractivity contribution in [1.82, 2.24) is 0 Å². The minimum atomic E-state index is -1.14. The van der Waals surface area contributed by atoms with Crippen LogP contribution in [-0.2, 0) is 18.6 Å². The smallest absolute Gasteiger partial charge is 0 e. The predicted octanol–water partition coefficient (Wildman–Crippen LogP) is 6.43. The molecule has 0 aromatic carbocycles. The molecule has 0 atom stereocenters. The summed E-state index contributed by atoms with van der Waals surface area (Å²) in [7, 11) is 0. The van der Waals surface area contributed by atoms with E-state index in [1.165, 1.54) is 5.92 Å². The van der Waals surface area contributed by atoms with Gasteiger partial charge in [-0.05, 0) is 44.4 Å². The van der Waals surface area contributed by atoms with Crippen molar-refractivity contribution in [3.8, 4) is 0 Å². The summed E-state index contributed by atoms with van der Waals surface area (Å²) in [5.41, 5.74) is 0. The van der Waals surface area contributed by atoms with E-state index in [0.717, 1.165) is 0 Å². The summed E-state index contributed by atoms with van der Waals surface area (Å²) in [5, 5.41) is 0. The molecule has 2 aliphatic carbocycles. The molecule has 0 aromatic rings. The van der Waals surface area contributed by atoms with E-state index >= 15 is 0 Å². The van der Waals surface area contributed by atoms with E-state index in [2.05, 4.69) is 72.7 Å². The molecule has 2 fully saturated rings. The molecule has 2 saturated carbocycles. The van der Waals surface area contributed by atoms with E-state index < -0.39 is 19.8 Å². The molecule has 2 aliphatic rings. The monoisotopic (exact) mass is 469 g/mol. The van der Waals surface area contributed by atoms with Crippen LogP contribution in [0.25, 0.3) is 0 Å². The van der Waals surface area contributed by atoms with Crippen molar-refractivity contribution in [1.29, 1.82) is 0 Å². The maximum Gasteiger partial charge on any atom is 0 e. The molecule has 0 amide bonds. The van der Waals surface area contributed by atoms with Gasteiger partial charge in [-0.15, -0.1) is 0 Å². The average Bonchev–Trinajstić information content (AvgIpc) is 2.92. The fraction of sp³-hybridized carbons (Fsp3) is 0.455. The minimum absolute atomic E-state index is 0. The number of hydrogen-bond acceptors (Lipinski definition) is 0. The van der Waals surface area contributed by atoms with Crippen LogP contribution < -0.4 is 0 Å². The Morgan fingerprint density at radius 3 is 1.29 bits per heavy atom. The second kappa shape index (κ2) is 14.4. The first-order valence-electron chi connectivity index (χ1n) is 8.32. The molecule has 13 radical (unpaired) electrons. The van der Waals surface area contributed by atoms with Crippen molar-refractivity contribution in [3.63, 3.8) is 0 Å². The van der Waals surface area contributed by atoms with Gasteiger partial charge in [-0.25, -0.2) is 12.8 Å². The number of hydrogen-bond donors (Lipinski definition) is 0. The molecule has 0 N–H and O–H groups in total. The fourth-order valence-electron chi connectivity index (χ4n) is 2.00. The van der Waals surface area contributed by atoms with Crippen LogP contribution in [0.5, 0.6) is 0 Å². The Bertz CT molecular complexity index is 241. The summed E-state index contributed by atoms with van der Waals surface area (Å²) in [4.78, 5) is 2.53. The zero-order valence-electron chi connectivity index (χ0n) is 16.7. The van der Waals surface area contributed by atoms with Gasteiger partial charge >= 0.3 is 73.1 Å². The van der Waals surface area contributed by atoms with Gasteiger partial charge in [-0.3, -0.25) is 0 Å². The Hall–Kier alpha value is 1.38. The summed E-state index contributed by atoms with van der Waals surface area (Å²) in [6.07, 6.45) is 22.8. The SMILES string of the molecule is C[C]1[CH][CH][CH][CH][CH][CH]1.[C-]1[CH][CH][CH][CH]1.[CH3][Sn+]([C](C)(C)C)[C](C)(C)C.[V]. The van der Waals surface area contributed by atoms with E-state index in [9.17, 15) is 0 Å². The largest absolute Gasteiger partial charge is 0 e. The zero-order valence-corrected chi connectivity index (χ0v) is 21.0. The quantitative estimate of drug-likeness (QED) is 0.219. The van der Waals surface area contributed by atoms with E-state index in [1.807, 2.05) is 51.4 Å². The first-order chi connectivity index (χ1) is 10.5. The molecule has 2 rings (SSSR count). The van der Waals surface area contributed by atoms with Crippen LogP contribution in [0.4, 0.5) is 0 Å². The molecule has 0 aliphatic heterocycles. The minimum Gasteiger partial charge on any atom is 0 e. The van der Waals surface area contributed by atoms with Crippen LogP contribution >= 0.6 is 0 Å². The van der Waals surface area contributed by atoms with Crippen LogP contribution in [0.3, 0.4) is 0 Å². The van der Waals surface area contributed by atoms with Crippen molar-refractivity contribution in [2.45, 2.75) is 60.3 Å². The summed E-state index contributed by atoms with van der Waals surface area (Å²) in [5.74, 6) is 1.30. The first-order valence-corrected chi connectivity index (χ1v) is 14.0. The third-order valence-corrected chi connectivity index (χ3v) is 16.6. The molecule has 0 heterocycles. The van der Waals surface area contributed by atoms with Crippen LogP contribution in [-0.4, -0.2) is 19.8 Å². The molecule has 0 spiro atoms. The molecule has 0 aromatic heterocycles. The van der Waals surface area contributed by atoms with Gasteiger partial charge in [-0.1, -0.05) is 19.8 Å². The summed E-state index contributed by atoms with van der Waals surface area (Å²) in [6.45, 7) is 16.5. The molecule has 0 nitrogen and oxygen atoms in total. The van der Waals surface area contributed by atoms with Crippen molar-refractivity contribution in [3.05, 3.63) is 76.5 Å². The Labute approximate surface area is 174 Å². The Balaban J connectivity index is 0. The van der Waals surface area contributed by atoms with Gasteiger partial charge in [0.1, 0.15) is 0 Å². The van der Waals surface area contributed by atoms with Gasteiger partial charge in [0.2, 0.25) is 0 Å². The zero-order chi connectivity index (χ0) is 17.9.